The Morgan fingerprint density at radius 3 is 2.24 bits per heavy atom. The van der Waals surface area contributed by atoms with E-state index in [0.29, 0.717) is 16.9 Å². The second-order valence-corrected chi connectivity index (χ2v) is 8.98. The van der Waals surface area contributed by atoms with Gasteiger partial charge in [0.25, 0.3) is 5.91 Å². The molecular formula is C25H29N3O5. The van der Waals surface area contributed by atoms with Crippen LogP contribution in [-0.4, -0.2) is 48.4 Å². The Bertz CT molecular complexity index is 1090. The molecule has 0 bridgehead atoms. The number of ether oxygens (including phenoxy) is 1. The Labute approximate surface area is 193 Å². The van der Waals surface area contributed by atoms with Gasteiger partial charge < -0.3 is 19.9 Å². The van der Waals surface area contributed by atoms with Crippen molar-refractivity contribution in [2.75, 3.05) is 22.9 Å². The second-order valence-electron chi connectivity index (χ2n) is 8.98. The third-order valence-electron chi connectivity index (χ3n) is 5.21. The molecule has 8 heteroatoms. The number of fused-ring (bicyclic) bond motifs is 1. The third-order valence-corrected chi connectivity index (χ3v) is 5.21. The molecule has 3 rings (SSSR count). The predicted molar refractivity (Wildman–Crippen MR) is 125 cm³/mol. The van der Waals surface area contributed by atoms with Gasteiger partial charge in [-0.2, -0.15) is 0 Å². The Hall–Kier alpha value is -3.68. The van der Waals surface area contributed by atoms with Gasteiger partial charge >= 0.3 is 6.09 Å². The summed E-state index contributed by atoms with van der Waals surface area (Å²) >= 11 is 0. The number of ketones is 1. The van der Waals surface area contributed by atoms with Crippen LogP contribution in [0.1, 0.15) is 43.6 Å². The lowest BCUT2D eigenvalue weighted by Crippen LogP contribution is -2.54. The summed E-state index contributed by atoms with van der Waals surface area (Å²) in [4.78, 5) is 54.4. The molecule has 0 fully saturated rings. The molecule has 1 unspecified atom stereocenters. The average Bonchev–Trinajstić information content (AvgIpc) is 2.83. The number of para-hydroxylation sites is 2. The van der Waals surface area contributed by atoms with E-state index < -0.39 is 23.6 Å². The lowest BCUT2D eigenvalue weighted by Gasteiger charge is -2.26. The highest BCUT2D eigenvalue weighted by atomic mass is 16.6. The first-order chi connectivity index (χ1) is 15.5. The normalized spacial score (nSPS) is 16.0. The number of alkyl carbamates (subject to hydrolysis) is 1. The molecule has 1 aliphatic heterocycles. The summed E-state index contributed by atoms with van der Waals surface area (Å²) in [6, 6.07) is 12.9. The van der Waals surface area contributed by atoms with Crippen molar-refractivity contribution in [2.24, 2.45) is 0 Å². The van der Waals surface area contributed by atoms with Crippen LogP contribution in [0.3, 0.4) is 0 Å². The number of carbonyl (C=O) groups is 4. The zero-order valence-electron chi connectivity index (χ0n) is 19.5. The number of nitrogens with zero attached hydrogens (tertiary/aromatic N) is 2. The van der Waals surface area contributed by atoms with Crippen LogP contribution in [0.5, 0.6) is 0 Å². The van der Waals surface area contributed by atoms with Crippen LogP contribution in [0.15, 0.2) is 48.5 Å². The number of amides is 3. The highest BCUT2D eigenvalue weighted by Gasteiger charge is 2.37. The number of carbonyl (C=O) groups excluding carboxylic acids is 4. The molecule has 0 radical (unpaired) electrons. The quantitative estimate of drug-likeness (QED) is 0.718. The summed E-state index contributed by atoms with van der Waals surface area (Å²) in [5.74, 6) is -1.04. The summed E-state index contributed by atoms with van der Waals surface area (Å²) < 4.78 is 5.31. The number of nitrogens with one attached hydrogen (secondary N) is 1. The molecule has 1 aliphatic rings. The molecule has 0 spiro atoms. The number of Topliss-reactive ketones (excluding diaryl/α,β-unsaturated/α-hetero) is 1. The van der Waals surface area contributed by atoms with E-state index in [-0.39, 0.29) is 24.8 Å². The Morgan fingerprint density at radius 2 is 1.64 bits per heavy atom. The van der Waals surface area contributed by atoms with Crippen LogP contribution < -0.4 is 15.1 Å². The van der Waals surface area contributed by atoms with E-state index in [2.05, 4.69) is 5.32 Å². The van der Waals surface area contributed by atoms with Gasteiger partial charge in [-0.1, -0.05) is 36.4 Å². The SMILES string of the molecule is CC(=O)N1CC(NC(=O)OC(C)(C)C)C(=O)N(CC(=O)c2ccccc2C)c2ccccc21. The van der Waals surface area contributed by atoms with E-state index >= 15 is 0 Å². The number of hydrogen-bond acceptors (Lipinski definition) is 5. The molecule has 2 aromatic rings. The topological polar surface area (TPSA) is 96.0 Å². The van der Waals surface area contributed by atoms with Gasteiger partial charge in [-0.25, -0.2) is 4.79 Å². The van der Waals surface area contributed by atoms with E-state index in [1.165, 1.54) is 16.7 Å². The number of benzene rings is 2. The largest absolute Gasteiger partial charge is 0.444 e. The van der Waals surface area contributed by atoms with Gasteiger partial charge in [-0.15, -0.1) is 0 Å². The van der Waals surface area contributed by atoms with Gasteiger partial charge in [0, 0.05) is 12.5 Å². The fraction of sp³-hybridized carbons (Fsp3) is 0.360. The Balaban J connectivity index is 2.00. The first-order valence-electron chi connectivity index (χ1n) is 10.7. The van der Waals surface area contributed by atoms with Crippen molar-refractivity contribution in [1.82, 2.24) is 5.32 Å². The van der Waals surface area contributed by atoms with Gasteiger partial charge in [-0.05, 0) is 45.4 Å². The molecule has 0 aromatic heterocycles. The Morgan fingerprint density at radius 1 is 1.03 bits per heavy atom. The van der Waals surface area contributed by atoms with Crippen molar-refractivity contribution in [3.63, 3.8) is 0 Å². The summed E-state index contributed by atoms with van der Waals surface area (Å²) in [7, 11) is 0. The fourth-order valence-electron chi connectivity index (χ4n) is 3.72. The number of rotatable bonds is 4. The van der Waals surface area contributed by atoms with Crippen molar-refractivity contribution >= 4 is 35.1 Å². The molecule has 0 aliphatic carbocycles. The van der Waals surface area contributed by atoms with E-state index in [1.54, 1.807) is 57.2 Å². The first-order valence-corrected chi connectivity index (χ1v) is 10.7. The maximum atomic E-state index is 13.6. The van der Waals surface area contributed by atoms with Crippen molar-refractivity contribution in [2.45, 2.75) is 46.3 Å². The molecule has 33 heavy (non-hydrogen) atoms. The van der Waals surface area contributed by atoms with E-state index in [1.807, 2.05) is 19.1 Å². The molecule has 3 amide bonds. The summed E-state index contributed by atoms with van der Waals surface area (Å²) in [6.45, 7) is 8.04. The predicted octanol–water partition coefficient (Wildman–Crippen LogP) is 3.47. The van der Waals surface area contributed by atoms with Crippen LogP contribution in [0.2, 0.25) is 0 Å². The zero-order valence-corrected chi connectivity index (χ0v) is 19.5. The van der Waals surface area contributed by atoms with Crippen LogP contribution >= 0.6 is 0 Å². The molecule has 1 atom stereocenters. The molecule has 1 heterocycles. The minimum Gasteiger partial charge on any atom is -0.444 e. The third kappa shape index (κ3) is 5.58. The summed E-state index contributed by atoms with van der Waals surface area (Å²) in [5.41, 5.74) is 1.46. The highest BCUT2D eigenvalue weighted by Crippen LogP contribution is 2.33. The molecule has 0 saturated heterocycles. The lowest BCUT2D eigenvalue weighted by molar-refractivity contribution is -0.120. The maximum Gasteiger partial charge on any atom is 0.408 e. The molecule has 0 saturated carbocycles. The van der Waals surface area contributed by atoms with Crippen LogP contribution in [0.25, 0.3) is 0 Å². The molecule has 2 aromatic carbocycles. The van der Waals surface area contributed by atoms with Crippen molar-refractivity contribution in [1.29, 1.82) is 0 Å². The van der Waals surface area contributed by atoms with Crippen LogP contribution in [-0.2, 0) is 14.3 Å². The smallest absolute Gasteiger partial charge is 0.408 e. The first kappa shape index (κ1) is 24.0. The maximum absolute atomic E-state index is 13.6. The van der Waals surface area contributed by atoms with Crippen LogP contribution in [0.4, 0.5) is 16.2 Å². The Kier molecular flexibility index (Phi) is 6.86. The number of hydrogen-bond donors (Lipinski definition) is 1. The zero-order chi connectivity index (χ0) is 24.3. The number of anilines is 2. The standard InChI is InChI=1S/C25H29N3O5/c1-16-10-6-7-11-18(16)22(30)15-28-21-13-9-8-12-20(21)27(17(2)29)14-19(23(28)31)26-24(32)33-25(3,4)5/h6-13,19H,14-15H2,1-5H3,(H,26,32). The average molecular weight is 452 g/mol. The van der Waals surface area contributed by atoms with E-state index in [9.17, 15) is 19.2 Å². The van der Waals surface area contributed by atoms with Gasteiger partial charge in [-0.3, -0.25) is 14.4 Å². The van der Waals surface area contributed by atoms with Crippen molar-refractivity contribution in [3.8, 4) is 0 Å². The van der Waals surface area contributed by atoms with E-state index in [4.69, 9.17) is 4.74 Å². The van der Waals surface area contributed by atoms with Crippen LogP contribution in [0, 0.1) is 6.92 Å². The summed E-state index contributed by atoms with van der Waals surface area (Å²) in [6.07, 6.45) is -0.777. The lowest BCUT2D eigenvalue weighted by atomic mass is 10.0. The summed E-state index contributed by atoms with van der Waals surface area (Å²) in [5, 5.41) is 2.58. The molecular weight excluding hydrogens is 422 g/mol. The minimum atomic E-state index is -1.10. The van der Waals surface area contributed by atoms with Gasteiger partial charge in [0.15, 0.2) is 5.78 Å². The number of aryl methyl sites for hydroxylation is 1. The monoisotopic (exact) mass is 451 g/mol. The van der Waals surface area contributed by atoms with Gasteiger partial charge in [0.2, 0.25) is 5.91 Å². The molecule has 1 N–H and O–H groups in total. The minimum absolute atomic E-state index is 0.0839. The fourth-order valence-corrected chi connectivity index (χ4v) is 3.72. The van der Waals surface area contributed by atoms with Gasteiger partial charge in [0.05, 0.1) is 24.5 Å². The molecule has 8 nitrogen and oxygen atoms in total. The van der Waals surface area contributed by atoms with E-state index in [0.717, 1.165) is 5.56 Å². The highest BCUT2D eigenvalue weighted by molar-refractivity contribution is 6.12. The van der Waals surface area contributed by atoms with Crippen molar-refractivity contribution < 1.29 is 23.9 Å². The second kappa shape index (κ2) is 9.44. The van der Waals surface area contributed by atoms with Crippen molar-refractivity contribution in [3.05, 3.63) is 59.7 Å². The van der Waals surface area contributed by atoms with Gasteiger partial charge in [0.1, 0.15) is 11.6 Å². The molecule has 174 valence electrons.